The third-order valence-corrected chi connectivity index (χ3v) is 6.04. The van der Waals surface area contributed by atoms with Crippen LogP contribution in [0.2, 0.25) is 0 Å². The van der Waals surface area contributed by atoms with E-state index in [1.54, 1.807) is 14.2 Å². The van der Waals surface area contributed by atoms with E-state index in [0.717, 1.165) is 18.5 Å². The Morgan fingerprint density at radius 2 is 1.73 bits per heavy atom. The van der Waals surface area contributed by atoms with Crippen molar-refractivity contribution in [2.45, 2.75) is 31.3 Å². The van der Waals surface area contributed by atoms with Crippen molar-refractivity contribution in [2.75, 3.05) is 27.4 Å². The Morgan fingerprint density at radius 3 is 2.32 bits per heavy atom. The summed E-state index contributed by atoms with van der Waals surface area (Å²) in [5, 5.41) is 0. The van der Waals surface area contributed by atoms with E-state index < -0.39 is 0 Å². The smallest absolute Gasteiger partial charge is 0.182 e. The first kappa shape index (κ1) is 14.5. The number of likely N-dealkylation sites (tertiary alicyclic amines) is 1. The van der Waals surface area contributed by atoms with Crippen molar-refractivity contribution >= 4 is 5.78 Å². The van der Waals surface area contributed by atoms with Crippen LogP contribution in [0.3, 0.4) is 0 Å². The predicted octanol–water partition coefficient (Wildman–Crippen LogP) is 2.02. The van der Waals surface area contributed by atoms with E-state index in [1.165, 1.54) is 6.42 Å². The second-order valence-electron chi connectivity index (χ2n) is 7.17. The molecule has 0 aromatic heterocycles. The van der Waals surface area contributed by atoms with Crippen molar-refractivity contribution in [1.82, 2.24) is 4.90 Å². The third kappa shape index (κ3) is 2.00. The molecule has 120 valence electrons. The Bertz CT molecular complexity index is 512. The number of carbonyl (C=O) groups is 1. The molecule has 4 heteroatoms. The lowest BCUT2D eigenvalue weighted by Gasteiger charge is -2.33. The number of hydrogen-bond acceptors (Lipinski definition) is 4. The quantitative estimate of drug-likeness (QED) is 0.728. The fraction of sp³-hybridized carbons (Fsp3) is 0.722. The lowest BCUT2D eigenvalue weighted by atomic mass is 9.85. The maximum atomic E-state index is 13.0. The summed E-state index contributed by atoms with van der Waals surface area (Å²) in [6.07, 6.45) is 10.2. The minimum atomic E-state index is 0.206. The van der Waals surface area contributed by atoms with Crippen LogP contribution in [0.5, 0.6) is 0 Å². The largest absolute Gasteiger partial charge is 0.383 e. The molecule has 4 aliphatic rings. The zero-order valence-corrected chi connectivity index (χ0v) is 13.4. The van der Waals surface area contributed by atoms with Crippen LogP contribution in [0, 0.1) is 23.7 Å². The Morgan fingerprint density at radius 1 is 1.09 bits per heavy atom. The summed E-state index contributed by atoms with van der Waals surface area (Å²) in [6.45, 7) is 1.37. The van der Waals surface area contributed by atoms with Gasteiger partial charge in [-0.2, -0.15) is 0 Å². The first-order valence-electron chi connectivity index (χ1n) is 8.45. The van der Waals surface area contributed by atoms with E-state index >= 15 is 0 Å². The van der Waals surface area contributed by atoms with E-state index in [9.17, 15) is 4.79 Å². The van der Waals surface area contributed by atoms with Gasteiger partial charge >= 0.3 is 0 Å². The number of hydrogen-bond donors (Lipinski definition) is 0. The number of fused-ring (bicyclic) bond motifs is 5. The second-order valence-corrected chi connectivity index (χ2v) is 7.17. The molecule has 4 rings (SSSR count). The van der Waals surface area contributed by atoms with Gasteiger partial charge in [0, 0.05) is 20.1 Å². The molecule has 6 atom stereocenters. The standard InChI is InChI=1S/C18H25NO3/c1-21-9-13-5-6-14(10-22-2)19(13)16-8-15-11-3-4-12(7-11)17(15)18(16)20/h3-4,8,11-15,17H,5-7,9-10H2,1-2H3/t11-,12+,13+,14+,15?,17?/m0/s1. The van der Waals surface area contributed by atoms with Crippen LogP contribution in [-0.2, 0) is 14.3 Å². The van der Waals surface area contributed by atoms with Crippen LogP contribution in [0.1, 0.15) is 19.3 Å². The molecule has 4 nitrogen and oxygen atoms in total. The van der Waals surface area contributed by atoms with Crippen molar-refractivity contribution in [3.8, 4) is 0 Å². The second kappa shape index (κ2) is 5.50. The van der Waals surface area contributed by atoms with Gasteiger partial charge < -0.3 is 14.4 Å². The summed E-state index contributed by atoms with van der Waals surface area (Å²) >= 11 is 0. The van der Waals surface area contributed by atoms with Gasteiger partial charge in [0.2, 0.25) is 0 Å². The van der Waals surface area contributed by atoms with Gasteiger partial charge in [0.25, 0.3) is 0 Å². The molecule has 2 fully saturated rings. The minimum Gasteiger partial charge on any atom is -0.383 e. The first-order chi connectivity index (χ1) is 10.7. The van der Waals surface area contributed by atoms with Crippen LogP contribution in [0.4, 0.5) is 0 Å². The van der Waals surface area contributed by atoms with Gasteiger partial charge in [-0.05, 0) is 37.0 Å². The maximum Gasteiger partial charge on any atom is 0.182 e. The molecule has 1 saturated heterocycles. The molecule has 0 N–H and O–H groups in total. The number of rotatable bonds is 5. The number of methoxy groups -OCH3 is 2. The summed E-state index contributed by atoms with van der Waals surface area (Å²) in [4.78, 5) is 15.4. The van der Waals surface area contributed by atoms with E-state index in [-0.39, 0.29) is 5.92 Å². The van der Waals surface area contributed by atoms with Gasteiger partial charge in [-0.3, -0.25) is 4.79 Å². The molecule has 0 aromatic rings. The van der Waals surface area contributed by atoms with Gasteiger partial charge in [0.1, 0.15) is 0 Å². The topological polar surface area (TPSA) is 38.8 Å². The molecule has 0 amide bonds. The summed E-state index contributed by atoms with van der Waals surface area (Å²) < 4.78 is 10.8. The molecule has 0 aromatic carbocycles. The molecule has 2 bridgehead atoms. The highest BCUT2D eigenvalue weighted by molar-refractivity contribution is 6.00. The van der Waals surface area contributed by atoms with E-state index in [1.807, 2.05) is 0 Å². The van der Waals surface area contributed by atoms with Crippen molar-refractivity contribution < 1.29 is 14.3 Å². The van der Waals surface area contributed by atoms with E-state index in [2.05, 4.69) is 23.1 Å². The molecule has 3 aliphatic carbocycles. The third-order valence-electron chi connectivity index (χ3n) is 6.04. The highest BCUT2D eigenvalue weighted by atomic mass is 16.5. The average Bonchev–Trinajstić information content (AvgIpc) is 3.23. The number of carbonyl (C=O) groups excluding carboxylic acids is 1. The zero-order chi connectivity index (χ0) is 15.3. The van der Waals surface area contributed by atoms with Crippen molar-refractivity contribution in [3.63, 3.8) is 0 Å². The van der Waals surface area contributed by atoms with Crippen molar-refractivity contribution in [2.24, 2.45) is 23.7 Å². The van der Waals surface area contributed by atoms with E-state index in [4.69, 9.17) is 9.47 Å². The molecule has 1 aliphatic heterocycles. The van der Waals surface area contributed by atoms with Crippen LogP contribution in [0.25, 0.3) is 0 Å². The van der Waals surface area contributed by atoms with Crippen molar-refractivity contribution in [3.05, 3.63) is 23.9 Å². The van der Waals surface area contributed by atoms with Crippen molar-refractivity contribution in [1.29, 1.82) is 0 Å². The molecule has 0 radical (unpaired) electrons. The Hall–Kier alpha value is -1.13. The molecule has 2 unspecified atom stereocenters. The van der Waals surface area contributed by atoms with Crippen LogP contribution in [0.15, 0.2) is 23.9 Å². The summed E-state index contributed by atoms with van der Waals surface area (Å²) in [6, 6.07) is 0.620. The molecule has 0 spiro atoms. The Labute approximate surface area is 132 Å². The fourth-order valence-electron chi connectivity index (χ4n) is 5.17. The van der Waals surface area contributed by atoms with Crippen LogP contribution in [-0.4, -0.2) is 50.2 Å². The number of nitrogens with zero attached hydrogens (tertiary/aromatic N) is 1. The fourth-order valence-corrected chi connectivity index (χ4v) is 5.17. The molecule has 22 heavy (non-hydrogen) atoms. The Balaban J connectivity index is 1.61. The number of ketones is 1. The average molecular weight is 303 g/mol. The lowest BCUT2D eigenvalue weighted by molar-refractivity contribution is -0.121. The Kier molecular flexibility index (Phi) is 3.61. The number of ether oxygens (including phenoxy) is 2. The molecular weight excluding hydrogens is 278 g/mol. The van der Waals surface area contributed by atoms with Gasteiger partial charge in [0.05, 0.1) is 31.0 Å². The maximum absolute atomic E-state index is 13.0. The van der Waals surface area contributed by atoms with Gasteiger partial charge in [-0.15, -0.1) is 0 Å². The van der Waals surface area contributed by atoms with Gasteiger partial charge in [-0.1, -0.05) is 18.2 Å². The normalized spacial score (nSPS) is 42.4. The van der Waals surface area contributed by atoms with Crippen LogP contribution < -0.4 is 0 Å². The zero-order valence-electron chi connectivity index (χ0n) is 13.4. The minimum absolute atomic E-state index is 0.206. The SMILES string of the molecule is COC[C@H]1CC[C@H](COC)N1C1=CC2C(C1=O)[C@@H]1C=C[C@H]2C1. The summed E-state index contributed by atoms with van der Waals surface area (Å²) in [7, 11) is 3.48. The van der Waals surface area contributed by atoms with Gasteiger partial charge in [-0.25, -0.2) is 0 Å². The number of Topliss-reactive ketones (excluding diaryl/α,β-unsaturated/α-hetero) is 1. The summed E-state index contributed by atoms with van der Waals surface area (Å²) in [5.41, 5.74) is 0.954. The summed E-state index contributed by atoms with van der Waals surface area (Å²) in [5.74, 6) is 2.06. The van der Waals surface area contributed by atoms with Crippen LogP contribution >= 0.6 is 0 Å². The lowest BCUT2D eigenvalue weighted by Crippen LogP contribution is -2.42. The molecule has 1 saturated carbocycles. The predicted molar refractivity (Wildman–Crippen MR) is 83.2 cm³/mol. The van der Waals surface area contributed by atoms with E-state index in [0.29, 0.717) is 48.8 Å². The highest BCUT2D eigenvalue weighted by Crippen LogP contribution is 2.54. The molecular formula is C18H25NO3. The monoisotopic (exact) mass is 303 g/mol. The molecule has 1 heterocycles. The first-order valence-corrected chi connectivity index (χ1v) is 8.45. The van der Waals surface area contributed by atoms with Gasteiger partial charge in [0.15, 0.2) is 5.78 Å². The number of allylic oxidation sites excluding steroid dienone is 4. The highest BCUT2D eigenvalue weighted by Gasteiger charge is 2.53.